The van der Waals surface area contributed by atoms with Crippen LogP contribution in [0.2, 0.25) is 0 Å². The number of aryl methyl sites for hydroxylation is 1. The molecule has 4 rings (SSSR count). The molecule has 0 heterocycles. The number of fused-ring (bicyclic) bond motifs is 5. The van der Waals surface area contributed by atoms with Gasteiger partial charge in [0.25, 0.3) is 10.1 Å². The predicted molar refractivity (Wildman–Crippen MR) is 113 cm³/mol. The molecule has 6 heteroatoms. The van der Waals surface area contributed by atoms with Crippen molar-refractivity contribution in [1.29, 1.82) is 0 Å². The molecule has 5 nitrogen and oxygen atoms in total. The van der Waals surface area contributed by atoms with E-state index < -0.39 is 10.1 Å². The van der Waals surface area contributed by atoms with Gasteiger partial charge in [0, 0.05) is 0 Å². The molecule has 0 spiro atoms. The Morgan fingerprint density at radius 1 is 1.14 bits per heavy atom. The molecule has 3 aliphatic carbocycles. The number of rotatable bonds is 7. The molecule has 1 unspecified atom stereocenters. The van der Waals surface area contributed by atoms with Gasteiger partial charge >= 0.3 is 0 Å². The van der Waals surface area contributed by atoms with Gasteiger partial charge in [-0.1, -0.05) is 13.0 Å². The monoisotopic (exact) mass is 422 g/mol. The minimum atomic E-state index is -3.40. The summed E-state index contributed by atoms with van der Waals surface area (Å²) in [5, 5.41) is 0. The number of benzene rings is 1. The topological polar surface area (TPSA) is 61.8 Å². The largest absolute Gasteiger partial charge is 0.497 e. The van der Waals surface area contributed by atoms with E-state index in [2.05, 4.69) is 25.1 Å². The summed E-state index contributed by atoms with van der Waals surface area (Å²) in [6.45, 7) is 2.77. The third kappa shape index (κ3) is 3.96. The molecule has 1 aromatic carbocycles. The molecule has 0 aromatic heterocycles. The smallest absolute Gasteiger partial charge is 0.264 e. The van der Waals surface area contributed by atoms with Crippen LogP contribution in [0.25, 0.3) is 0 Å². The maximum atomic E-state index is 11.2. The normalized spacial score (nSPS) is 33.6. The Balaban J connectivity index is 1.48. The van der Waals surface area contributed by atoms with Gasteiger partial charge in [-0.2, -0.15) is 8.42 Å². The van der Waals surface area contributed by atoms with Gasteiger partial charge in [-0.25, -0.2) is 0 Å². The molecule has 29 heavy (non-hydrogen) atoms. The molecule has 2 fully saturated rings. The Bertz CT molecular complexity index is 836. The number of ether oxygens (including phenoxy) is 2. The quantitative estimate of drug-likeness (QED) is 0.484. The van der Waals surface area contributed by atoms with Gasteiger partial charge in [-0.3, -0.25) is 4.18 Å². The summed E-state index contributed by atoms with van der Waals surface area (Å²) in [6, 6.07) is 6.65. The predicted octanol–water partition coefficient (Wildman–Crippen LogP) is 4.30. The fourth-order valence-electron chi connectivity index (χ4n) is 6.74. The summed E-state index contributed by atoms with van der Waals surface area (Å²) < 4.78 is 38.9. The highest BCUT2D eigenvalue weighted by Gasteiger charge is 2.56. The molecule has 0 saturated heterocycles. The lowest BCUT2D eigenvalue weighted by Crippen LogP contribution is -2.46. The second kappa shape index (κ2) is 8.20. The molecular formula is C23H34O5S. The molecule has 5 atom stereocenters. The van der Waals surface area contributed by atoms with Gasteiger partial charge in [-0.05, 0) is 91.4 Å². The third-order valence-corrected chi connectivity index (χ3v) is 8.52. The molecule has 0 N–H and O–H groups in total. The van der Waals surface area contributed by atoms with Crippen molar-refractivity contribution < 1.29 is 22.1 Å². The van der Waals surface area contributed by atoms with E-state index in [0.717, 1.165) is 37.2 Å². The summed E-state index contributed by atoms with van der Waals surface area (Å²) >= 11 is 0. The second-order valence-electron chi connectivity index (χ2n) is 9.07. The first-order valence-electron chi connectivity index (χ1n) is 11.0. The van der Waals surface area contributed by atoms with Gasteiger partial charge < -0.3 is 9.47 Å². The van der Waals surface area contributed by atoms with Crippen LogP contribution in [0, 0.1) is 17.3 Å². The van der Waals surface area contributed by atoms with E-state index in [1.165, 1.54) is 36.8 Å². The van der Waals surface area contributed by atoms with E-state index in [1.54, 1.807) is 7.11 Å². The fourth-order valence-corrected chi connectivity index (χ4v) is 7.11. The second-order valence-corrected chi connectivity index (χ2v) is 10.7. The summed E-state index contributed by atoms with van der Waals surface area (Å²) in [4.78, 5) is 0. The van der Waals surface area contributed by atoms with Crippen LogP contribution in [0.4, 0.5) is 0 Å². The van der Waals surface area contributed by atoms with Crippen molar-refractivity contribution in [2.24, 2.45) is 17.3 Å². The zero-order valence-electron chi connectivity index (χ0n) is 17.9. The van der Waals surface area contributed by atoms with Gasteiger partial charge in [-0.15, -0.1) is 0 Å². The van der Waals surface area contributed by atoms with Crippen LogP contribution in [0.15, 0.2) is 18.2 Å². The minimum absolute atomic E-state index is 0.112. The van der Waals surface area contributed by atoms with Crippen molar-refractivity contribution in [2.75, 3.05) is 26.6 Å². The molecule has 2 saturated carbocycles. The Morgan fingerprint density at radius 3 is 2.69 bits per heavy atom. The maximum absolute atomic E-state index is 11.2. The van der Waals surface area contributed by atoms with Crippen molar-refractivity contribution in [2.45, 2.75) is 63.9 Å². The van der Waals surface area contributed by atoms with Crippen LogP contribution in [-0.2, 0) is 25.5 Å². The van der Waals surface area contributed by atoms with Gasteiger partial charge in [0.2, 0.25) is 0 Å². The van der Waals surface area contributed by atoms with E-state index in [4.69, 9.17) is 13.7 Å². The van der Waals surface area contributed by atoms with Gasteiger partial charge in [0.05, 0.1) is 32.7 Å². The first kappa shape index (κ1) is 21.1. The molecule has 3 aliphatic rings. The van der Waals surface area contributed by atoms with Crippen LogP contribution in [0.3, 0.4) is 0 Å². The highest BCUT2D eigenvalue weighted by molar-refractivity contribution is 7.85. The molecule has 0 radical (unpaired) electrons. The van der Waals surface area contributed by atoms with E-state index in [0.29, 0.717) is 18.4 Å². The zero-order valence-corrected chi connectivity index (χ0v) is 18.7. The maximum Gasteiger partial charge on any atom is 0.264 e. The molecule has 0 amide bonds. The molecular weight excluding hydrogens is 388 g/mol. The van der Waals surface area contributed by atoms with Gasteiger partial charge in [0.15, 0.2) is 0 Å². The SMILES string of the molecule is CCC12CC[C@@H]3c4ccc(OC)cc4CC[C@H]3[C@@H]1CC[C@@H]2OCCOS(C)(=O)=O. The average molecular weight is 423 g/mol. The van der Waals surface area contributed by atoms with E-state index in [-0.39, 0.29) is 18.1 Å². The van der Waals surface area contributed by atoms with Crippen LogP contribution < -0.4 is 4.74 Å². The zero-order chi connectivity index (χ0) is 20.6. The summed E-state index contributed by atoms with van der Waals surface area (Å²) in [5.41, 5.74) is 3.24. The number of hydrogen-bond acceptors (Lipinski definition) is 5. The van der Waals surface area contributed by atoms with Gasteiger partial charge in [0.1, 0.15) is 5.75 Å². The van der Waals surface area contributed by atoms with Crippen LogP contribution in [0.5, 0.6) is 5.75 Å². The number of methoxy groups -OCH3 is 1. The number of hydrogen-bond donors (Lipinski definition) is 0. The van der Waals surface area contributed by atoms with Crippen LogP contribution in [0.1, 0.15) is 62.5 Å². The minimum Gasteiger partial charge on any atom is -0.497 e. The van der Waals surface area contributed by atoms with E-state index in [9.17, 15) is 8.42 Å². The Morgan fingerprint density at radius 2 is 1.97 bits per heavy atom. The van der Waals surface area contributed by atoms with Crippen molar-refractivity contribution >= 4 is 10.1 Å². The fraction of sp³-hybridized carbons (Fsp3) is 0.739. The molecule has 1 aromatic rings. The standard InChI is InChI=1S/C23H34O5S/c1-4-23-12-11-19-18-8-6-17(26-2)15-16(18)5-7-20(19)21(23)9-10-22(23)27-13-14-28-29(3,24)25/h6,8,15,19-22H,4-5,7,9-14H2,1-3H3/t19-,20-,21+,22+,23?/m1/s1. The lowest BCUT2D eigenvalue weighted by molar-refractivity contribution is -0.0813. The summed E-state index contributed by atoms with van der Waals surface area (Å²) in [7, 11) is -1.66. The third-order valence-electron chi connectivity index (χ3n) is 7.93. The Kier molecular flexibility index (Phi) is 5.97. The Labute approximate surface area is 175 Å². The first-order chi connectivity index (χ1) is 13.9. The summed E-state index contributed by atoms with van der Waals surface area (Å²) in [6.07, 6.45) is 9.54. The first-order valence-corrected chi connectivity index (χ1v) is 12.8. The highest BCUT2D eigenvalue weighted by atomic mass is 32.2. The van der Waals surface area contributed by atoms with E-state index >= 15 is 0 Å². The Hall–Kier alpha value is -1.11. The lowest BCUT2D eigenvalue weighted by Gasteiger charge is -2.52. The van der Waals surface area contributed by atoms with Crippen molar-refractivity contribution in [3.8, 4) is 5.75 Å². The van der Waals surface area contributed by atoms with Crippen LogP contribution in [-0.4, -0.2) is 41.1 Å². The van der Waals surface area contributed by atoms with Crippen LogP contribution >= 0.6 is 0 Å². The van der Waals surface area contributed by atoms with E-state index in [1.807, 2.05) is 0 Å². The summed E-state index contributed by atoms with van der Waals surface area (Å²) in [5.74, 6) is 3.04. The average Bonchev–Trinajstić information content (AvgIpc) is 3.08. The highest BCUT2D eigenvalue weighted by Crippen LogP contribution is 2.63. The van der Waals surface area contributed by atoms with Crippen molar-refractivity contribution in [3.63, 3.8) is 0 Å². The lowest BCUT2D eigenvalue weighted by atomic mass is 9.54. The molecule has 0 bridgehead atoms. The molecule has 162 valence electrons. The van der Waals surface area contributed by atoms with Crippen molar-refractivity contribution in [1.82, 2.24) is 0 Å². The molecule has 0 aliphatic heterocycles. The van der Waals surface area contributed by atoms with Crippen molar-refractivity contribution in [3.05, 3.63) is 29.3 Å².